The van der Waals surface area contributed by atoms with E-state index in [9.17, 15) is 0 Å². The summed E-state index contributed by atoms with van der Waals surface area (Å²) < 4.78 is 5.11. The van der Waals surface area contributed by atoms with Gasteiger partial charge < -0.3 is 15.8 Å². The molecule has 0 aliphatic heterocycles. The molecule has 0 bridgehead atoms. The Balaban J connectivity index is 2.00. The lowest BCUT2D eigenvalue weighted by atomic mass is 10.2. The first kappa shape index (κ1) is 13.7. The fourth-order valence-electron chi connectivity index (χ4n) is 1.90. The standard InChI is InChI=1S/C14H19N3OS/c1-9(8-11-5-4-10(2)19-11)16-13-7-6-12(15)14(17-13)18-3/h4-7,9H,8,15H2,1-3H3,(H,16,17). The SMILES string of the molecule is COc1nc(NC(C)Cc2ccc(C)s2)ccc1N. The van der Waals surface area contributed by atoms with Gasteiger partial charge in [0.1, 0.15) is 5.82 Å². The maximum Gasteiger partial charge on any atom is 0.238 e. The maximum atomic E-state index is 5.74. The molecule has 0 saturated heterocycles. The molecular weight excluding hydrogens is 258 g/mol. The number of aromatic nitrogens is 1. The average Bonchev–Trinajstić information content (AvgIpc) is 2.77. The number of pyridine rings is 1. The van der Waals surface area contributed by atoms with Crippen molar-refractivity contribution in [1.29, 1.82) is 0 Å². The Morgan fingerprint density at radius 3 is 2.79 bits per heavy atom. The third kappa shape index (κ3) is 3.61. The van der Waals surface area contributed by atoms with Gasteiger partial charge in [-0.3, -0.25) is 0 Å². The number of rotatable bonds is 5. The molecule has 0 radical (unpaired) electrons. The molecule has 2 aromatic heterocycles. The second-order valence-electron chi connectivity index (χ2n) is 4.56. The van der Waals surface area contributed by atoms with Crippen molar-refractivity contribution in [1.82, 2.24) is 4.98 Å². The normalized spacial score (nSPS) is 12.2. The predicted octanol–water partition coefficient (Wildman–Crippen LogP) is 3.09. The predicted molar refractivity (Wildman–Crippen MR) is 81.0 cm³/mol. The minimum absolute atomic E-state index is 0.305. The molecule has 0 aliphatic carbocycles. The molecule has 2 heterocycles. The Hall–Kier alpha value is -1.75. The van der Waals surface area contributed by atoms with Gasteiger partial charge in [0, 0.05) is 22.2 Å². The van der Waals surface area contributed by atoms with Crippen LogP contribution in [0.2, 0.25) is 0 Å². The third-order valence-corrected chi connectivity index (χ3v) is 3.80. The van der Waals surface area contributed by atoms with Gasteiger partial charge in [0.05, 0.1) is 12.8 Å². The van der Waals surface area contributed by atoms with Gasteiger partial charge in [-0.15, -0.1) is 11.3 Å². The van der Waals surface area contributed by atoms with Gasteiger partial charge in [-0.25, -0.2) is 0 Å². The lowest BCUT2D eigenvalue weighted by molar-refractivity contribution is 0.400. The van der Waals surface area contributed by atoms with E-state index in [4.69, 9.17) is 10.5 Å². The number of nitrogen functional groups attached to an aromatic ring is 1. The number of nitrogens with zero attached hydrogens (tertiary/aromatic N) is 1. The average molecular weight is 277 g/mol. The van der Waals surface area contributed by atoms with Gasteiger partial charge in [-0.1, -0.05) is 0 Å². The molecule has 0 saturated carbocycles. The molecule has 3 N–H and O–H groups in total. The lowest BCUT2D eigenvalue weighted by Gasteiger charge is -2.14. The van der Waals surface area contributed by atoms with Crippen LogP contribution in [-0.4, -0.2) is 18.1 Å². The third-order valence-electron chi connectivity index (χ3n) is 2.78. The van der Waals surface area contributed by atoms with Crippen molar-refractivity contribution >= 4 is 22.8 Å². The molecule has 102 valence electrons. The van der Waals surface area contributed by atoms with Crippen LogP contribution in [0.1, 0.15) is 16.7 Å². The van der Waals surface area contributed by atoms with E-state index in [1.165, 1.54) is 9.75 Å². The molecular formula is C14H19N3OS. The van der Waals surface area contributed by atoms with Gasteiger partial charge in [-0.05, 0) is 38.1 Å². The number of ether oxygens (including phenoxy) is 1. The molecule has 5 heteroatoms. The van der Waals surface area contributed by atoms with Crippen LogP contribution in [0.15, 0.2) is 24.3 Å². The highest BCUT2D eigenvalue weighted by atomic mass is 32.1. The molecule has 1 unspecified atom stereocenters. The van der Waals surface area contributed by atoms with Crippen LogP contribution in [0.25, 0.3) is 0 Å². The summed E-state index contributed by atoms with van der Waals surface area (Å²) in [6.45, 7) is 4.26. The molecule has 2 aromatic rings. The van der Waals surface area contributed by atoms with Gasteiger partial charge in [0.25, 0.3) is 0 Å². The van der Waals surface area contributed by atoms with Crippen LogP contribution >= 0.6 is 11.3 Å². The first-order chi connectivity index (χ1) is 9.08. The van der Waals surface area contributed by atoms with E-state index in [-0.39, 0.29) is 0 Å². The molecule has 0 amide bonds. The number of hydrogen-bond donors (Lipinski definition) is 2. The number of hydrogen-bond acceptors (Lipinski definition) is 5. The summed E-state index contributed by atoms with van der Waals surface area (Å²) in [5.74, 6) is 1.25. The Morgan fingerprint density at radius 2 is 2.16 bits per heavy atom. The largest absolute Gasteiger partial charge is 0.479 e. The van der Waals surface area contributed by atoms with E-state index in [1.807, 2.05) is 17.4 Å². The molecule has 0 aliphatic rings. The van der Waals surface area contributed by atoms with Crippen LogP contribution < -0.4 is 15.8 Å². The van der Waals surface area contributed by atoms with E-state index in [2.05, 4.69) is 36.3 Å². The Labute approximate surface area is 117 Å². The summed E-state index contributed by atoms with van der Waals surface area (Å²) in [6, 6.07) is 8.30. The number of nitrogens with two attached hydrogens (primary N) is 1. The number of methoxy groups -OCH3 is 1. The summed E-state index contributed by atoms with van der Waals surface area (Å²) in [5.41, 5.74) is 6.29. The monoisotopic (exact) mass is 277 g/mol. The maximum absolute atomic E-state index is 5.74. The van der Waals surface area contributed by atoms with E-state index >= 15 is 0 Å². The summed E-state index contributed by atoms with van der Waals surface area (Å²) in [6.07, 6.45) is 0.979. The van der Waals surface area contributed by atoms with E-state index in [1.54, 1.807) is 13.2 Å². The molecule has 1 atom stereocenters. The summed E-state index contributed by atoms with van der Waals surface area (Å²) in [4.78, 5) is 7.04. The fraction of sp³-hybridized carbons (Fsp3) is 0.357. The van der Waals surface area contributed by atoms with Crippen molar-refractivity contribution < 1.29 is 4.74 Å². The first-order valence-electron chi connectivity index (χ1n) is 6.21. The minimum Gasteiger partial charge on any atom is -0.479 e. The number of thiophene rings is 1. The van der Waals surface area contributed by atoms with Gasteiger partial charge in [-0.2, -0.15) is 4.98 Å². The number of aryl methyl sites for hydroxylation is 1. The van der Waals surface area contributed by atoms with Crippen molar-refractivity contribution in [3.05, 3.63) is 34.0 Å². The van der Waals surface area contributed by atoms with Crippen molar-refractivity contribution in [2.75, 3.05) is 18.2 Å². The molecule has 19 heavy (non-hydrogen) atoms. The zero-order valence-electron chi connectivity index (χ0n) is 11.4. The van der Waals surface area contributed by atoms with Crippen molar-refractivity contribution in [3.63, 3.8) is 0 Å². The lowest BCUT2D eigenvalue weighted by Crippen LogP contribution is -2.18. The van der Waals surface area contributed by atoms with Crippen LogP contribution in [0.3, 0.4) is 0 Å². The second kappa shape index (κ2) is 5.93. The summed E-state index contributed by atoms with van der Waals surface area (Å²) in [7, 11) is 1.57. The highest BCUT2D eigenvalue weighted by molar-refractivity contribution is 7.11. The fourth-order valence-corrected chi connectivity index (χ4v) is 2.91. The zero-order chi connectivity index (χ0) is 13.8. The van der Waals surface area contributed by atoms with Crippen LogP contribution in [0.4, 0.5) is 11.5 Å². The zero-order valence-corrected chi connectivity index (χ0v) is 12.3. The van der Waals surface area contributed by atoms with Crippen LogP contribution in [-0.2, 0) is 6.42 Å². The van der Waals surface area contributed by atoms with Crippen molar-refractivity contribution in [3.8, 4) is 5.88 Å². The molecule has 0 spiro atoms. The number of nitrogens with one attached hydrogen (secondary N) is 1. The van der Waals surface area contributed by atoms with Crippen molar-refractivity contribution in [2.24, 2.45) is 0 Å². The smallest absolute Gasteiger partial charge is 0.238 e. The first-order valence-corrected chi connectivity index (χ1v) is 7.02. The van der Waals surface area contributed by atoms with E-state index in [0.717, 1.165) is 12.2 Å². The summed E-state index contributed by atoms with van der Waals surface area (Å²) in [5, 5.41) is 3.36. The topological polar surface area (TPSA) is 60.2 Å². The molecule has 2 rings (SSSR count). The van der Waals surface area contributed by atoms with Crippen LogP contribution in [0.5, 0.6) is 5.88 Å². The highest BCUT2D eigenvalue weighted by Crippen LogP contribution is 2.22. The Bertz CT molecular complexity index is 553. The van der Waals surface area contributed by atoms with Crippen molar-refractivity contribution in [2.45, 2.75) is 26.3 Å². The second-order valence-corrected chi connectivity index (χ2v) is 5.93. The van der Waals surface area contributed by atoms with Gasteiger partial charge >= 0.3 is 0 Å². The quantitative estimate of drug-likeness (QED) is 0.881. The Morgan fingerprint density at radius 1 is 1.37 bits per heavy atom. The Kier molecular flexibility index (Phi) is 4.27. The van der Waals surface area contributed by atoms with E-state index in [0.29, 0.717) is 17.6 Å². The molecule has 4 nitrogen and oxygen atoms in total. The van der Waals surface area contributed by atoms with Crippen LogP contribution in [0, 0.1) is 6.92 Å². The van der Waals surface area contributed by atoms with E-state index < -0.39 is 0 Å². The molecule has 0 fully saturated rings. The molecule has 0 aromatic carbocycles. The highest BCUT2D eigenvalue weighted by Gasteiger charge is 2.08. The number of anilines is 2. The summed E-state index contributed by atoms with van der Waals surface area (Å²) >= 11 is 1.83. The minimum atomic E-state index is 0.305. The van der Waals surface area contributed by atoms with Gasteiger partial charge in [0.2, 0.25) is 5.88 Å². The van der Waals surface area contributed by atoms with Gasteiger partial charge in [0.15, 0.2) is 0 Å².